The van der Waals surface area contributed by atoms with Crippen LogP contribution in [-0.4, -0.2) is 30.2 Å². The average Bonchev–Trinajstić information content (AvgIpc) is 2.37. The van der Waals surface area contributed by atoms with E-state index >= 15 is 0 Å². The van der Waals surface area contributed by atoms with Gasteiger partial charge in [-0.1, -0.05) is 31.5 Å². The van der Waals surface area contributed by atoms with E-state index in [-0.39, 0.29) is 12.0 Å². The number of nitrogens with one attached hydrogen (secondary N) is 1. The predicted molar refractivity (Wildman–Crippen MR) is 76.4 cm³/mol. The maximum atomic E-state index is 12.3. The van der Waals surface area contributed by atoms with Gasteiger partial charge in [-0.05, 0) is 26.7 Å². The van der Waals surface area contributed by atoms with Gasteiger partial charge in [-0.25, -0.2) is 0 Å². The first kappa shape index (κ1) is 15.4. The molecule has 18 heavy (non-hydrogen) atoms. The number of thiocarbonyl (C=S) groups is 1. The molecule has 0 bridgehead atoms. The summed E-state index contributed by atoms with van der Waals surface area (Å²) in [5.74, 6) is -0.0266. The molecule has 1 atom stereocenters. The van der Waals surface area contributed by atoms with Gasteiger partial charge in [0.05, 0.1) is 16.5 Å². The van der Waals surface area contributed by atoms with Crippen molar-refractivity contribution >= 4 is 23.1 Å². The highest BCUT2D eigenvalue weighted by atomic mass is 32.1. The molecule has 5 heteroatoms. The molecular weight excluding hydrogens is 248 g/mol. The van der Waals surface area contributed by atoms with Crippen LogP contribution in [0.4, 0.5) is 0 Å². The highest BCUT2D eigenvalue weighted by molar-refractivity contribution is 7.80. The summed E-state index contributed by atoms with van der Waals surface area (Å²) >= 11 is 5.12. The maximum Gasteiger partial charge on any atom is 0.233 e. The van der Waals surface area contributed by atoms with Gasteiger partial charge in [0, 0.05) is 13.2 Å². The molecule has 0 saturated heterocycles. The van der Waals surface area contributed by atoms with Gasteiger partial charge in [-0.2, -0.15) is 0 Å². The van der Waals surface area contributed by atoms with Gasteiger partial charge in [0.2, 0.25) is 5.91 Å². The highest BCUT2D eigenvalue weighted by Crippen LogP contribution is 2.36. The van der Waals surface area contributed by atoms with Crippen molar-refractivity contribution in [3.63, 3.8) is 0 Å². The Balaban J connectivity index is 2.58. The first-order valence-corrected chi connectivity index (χ1v) is 7.13. The van der Waals surface area contributed by atoms with E-state index in [0.29, 0.717) is 18.1 Å². The van der Waals surface area contributed by atoms with Crippen molar-refractivity contribution in [2.24, 2.45) is 11.1 Å². The SMILES string of the molecule is CCOC(C)CNC(=O)C1(C(N)=S)CCCCC1. The van der Waals surface area contributed by atoms with E-state index in [1.807, 2.05) is 13.8 Å². The van der Waals surface area contributed by atoms with Crippen LogP contribution < -0.4 is 11.1 Å². The first-order chi connectivity index (χ1) is 8.53. The normalized spacial score (nSPS) is 20.1. The molecule has 0 aromatic heterocycles. The molecule has 0 aromatic rings. The van der Waals surface area contributed by atoms with Gasteiger partial charge in [0.15, 0.2) is 0 Å². The van der Waals surface area contributed by atoms with Crippen molar-refractivity contribution in [3.05, 3.63) is 0 Å². The molecule has 1 fully saturated rings. The Labute approximate surface area is 115 Å². The van der Waals surface area contributed by atoms with Gasteiger partial charge in [-0.3, -0.25) is 4.79 Å². The lowest BCUT2D eigenvalue weighted by atomic mass is 9.73. The minimum Gasteiger partial charge on any atom is -0.392 e. The van der Waals surface area contributed by atoms with E-state index in [4.69, 9.17) is 22.7 Å². The largest absolute Gasteiger partial charge is 0.392 e. The molecule has 0 spiro atoms. The molecular formula is C13H24N2O2S. The van der Waals surface area contributed by atoms with Crippen molar-refractivity contribution in [3.8, 4) is 0 Å². The Kier molecular flexibility index (Phi) is 6.02. The molecule has 3 N–H and O–H groups in total. The monoisotopic (exact) mass is 272 g/mol. The summed E-state index contributed by atoms with van der Waals surface area (Å²) in [6, 6.07) is 0. The van der Waals surface area contributed by atoms with Crippen molar-refractivity contribution < 1.29 is 9.53 Å². The summed E-state index contributed by atoms with van der Waals surface area (Å²) in [6.45, 7) is 5.04. The van der Waals surface area contributed by atoms with E-state index in [2.05, 4.69) is 5.32 Å². The summed E-state index contributed by atoms with van der Waals surface area (Å²) in [5, 5.41) is 2.93. The topological polar surface area (TPSA) is 64.3 Å². The molecule has 1 amide bonds. The van der Waals surface area contributed by atoms with E-state index < -0.39 is 5.41 Å². The minimum absolute atomic E-state index is 0.0194. The number of rotatable bonds is 6. The number of amides is 1. The van der Waals surface area contributed by atoms with Crippen molar-refractivity contribution in [2.45, 2.75) is 52.1 Å². The van der Waals surface area contributed by atoms with Crippen molar-refractivity contribution in [1.29, 1.82) is 0 Å². The van der Waals surface area contributed by atoms with Crippen LogP contribution in [0.2, 0.25) is 0 Å². The zero-order valence-electron chi connectivity index (χ0n) is 11.3. The molecule has 1 unspecified atom stereocenters. The molecule has 1 saturated carbocycles. The standard InChI is InChI=1S/C13H24N2O2S/c1-3-17-10(2)9-15-12(16)13(11(14)18)7-5-4-6-8-13/h10H,3-9H2,1-2H3,(H2,14,18)(H,15,16). The van der Waals surface area contributed by atoms with E-state index in [0.717, 1.165) is 32.1 Å². The fourth-order valence-electron chi connectivity index (χ4n) is 2.49. The number of nitrogens with two attached hydrogens (primary N) is 1. The summed E-state index contributed by atoms with van der Waals surface area (Å²) in [7, 11) is 0. The van der Waals surface area contributed by atoms with Gasteiger partial charge in [0.1, 0.15) is 0 Å². The van der Waals surface area contributed by atoms with Crippen LogP contribution in [0.1, 0.15) is 46.0 Å². The van der Waals surface area contributed by atoms with Crippen LogP contribution in [0.3, 0.4) is 0 Å². The molecule has 104 valence electrons. The summed E-state index contributed by atoms with van der Waals surface area (Å²) in [5.41, 5.74) is 5.18. The smallest absolute Gasteiger partial charge is 0.233 e. The predicted octanol–water partition coefficient (Wildman–Crippen LogP) is 1.76. The third-order valence-corrected chi connectivity index (χ3v) is 4.01. The van der Waals surface area contributed by atoms with E-state index in [1.54, 1.807) is 0 Å². The summed E-state index contributed by atoms with van der Waals surface area (Å²) in [4.78, 5) is 12.7. The number of carbonyl (C=O) groups is 1. The highest BCUT2D eigenvalue weighted by Gasteiger charge is 2.42. The third-order valence-electron chi connectivity index (χ3n) is 3.61. The van der Waals surface area contributed by atoms with Crippen LogP contribution in [0.25, 0.3) is 0 Å². The second-order valence-corrected chi connectivity index (χ2v) is 5.42. The molecule has 0 aliphatic heterocycles. The zero-order valence-corrected chi connectivity index (χ0v) is 12.1. The third kappa shape index (κ3) is 3.65. The van der Waals surface area contributed by atoms with Crippen LogP contribution >= 0.6 is 12.2 Å². The summed E-state index contributed by atoms with van der Waals surface area (Å²) < 4.78 is 5.39. The van der Waals surface area contributed by atoms with Gasteiger partial charge >= 0.3 is 0 Å². The van der Waals surface area contributed by atoms with Crippen molar-refractivity contribution in [1.82, 2.24) is 5.32 Å². The number of ether oxygens (including phenoxy) is 1. The lowest BCUT2D eigenvalue weighted by Gasteiger charge is -2.35. The summed E-state index contributed by atoms with van der Waals surface area (Å²) in [6.07, 6.45) is 4.77. The van der Waals surface area contributed by atoms with Crippen LogP contribution in [0, 0.1) is 5.41 Å². The molecule has 4 nitrogen and oxygen atoms in total. The molecule has 0 aromatic carbocycles. The molecule has 1 rings (SSSR count). The fraction of sp³-hybridized carbons (Fsp3) is 0.846. The van der Waals surface area contributed by atoms with E-state index in [9.17, 15) is 4.79 Å². The Hall–Kier alpha value is -0.680. The Morgan fingerprint density at radius 2 is 2.06 bits per heavy atom. The van der Waals surface area contributed by atoms with Gasteiger partial charge < -0.3 is 15.8 Å². The molecule has 1 aliphatic rings. The quantitative estimate of drug-likeness (QED) is 0.723. The molecule has 0 radical (unpaired) electrons. The maximum absolute atomic E-state index is 12.3. The Morgan fingerprint density at radius 1 is 1.44 bits per heavy atom. The Bertz CT molecular complexity index is 301. The van der Waals surface area contributed by atoms with Gasteiger partial charge in [-0.15, -0.1) is 0 Å². The average molecular weight is 272 g/mol. The minimum atomic E-state index is -0.625. The Morgan fingerprint density at radius 3 is 2.56 bits per heavy atom. The van der Waals surface area contributed by atoms with Crippen LogP contribution in [-0.2, 0) is 9.53 Å². The number of hydrogen-bond donors (Lipinski definition) is 2. The van der Waals surface area contributed by atoms with Crippen LogP contribution in [0.5, 0.6) is 0 Å². The lowest BCUT2D eigenvalue weighted by Crippen LogP contribution is -2.51. The number of hydrogen-bond acceptors (Lipinski definition) is 3. The molecule has 1 aliphatic carbocycles. The number of carbonyl (C=O) groups excluding carboxylic acids is 1. The first-order valence-electron chi connectivity index (χ1n) is 6.72. The fourth-order valence-corrected chi connectivity index (χ4v) is 2.79. The van der Waals surface area contributed by atoms with E-state index in [1.165, 1.54) is 0 Å². The second-order valence-electron chi connectivity index (χ2n) is 4.98. The molecule has 0 heterocycles. The van der Waals surface area contributed by atoms with Crippen LogP contribution in [0.15, 0.2) is 0 Å². The zero-order chi connectivity index (χ0) is 13.6. The van der Waals surface area contributed by atoms with Gasteiger partial charge in [0.25, 0.3) is 0 Å². The van der Waals surface area contributed by atoms with Crippen molar-refractivity contribution in [2.75, 3.05) is 13.2 Å². The lowest BCUT2D eigenvalue weighted by molar-refractivity contribution is -0.129. The second kappa shape index (κ2) is 7.04.